The number of unbranched alkanes of at least 4 members (excludes halogenated alkanes) is 6. The third kappa shape index (κ3) is 33.9. The van der Waals surface area contributed by atoms with Crippen LogP contribution in [0, 0.1) is 11.7 Å². The number of H-pyrrole nitrogens is 1. The number of nitrogen functional groups attached to an aromatic ring is 2. The van der Waals surface area contributed by atoms with Crippen molar-refractivity contribution in [3.8, 4) is 0 Å². The first-order valence-electron chi connectivity index (χ1n) is 39.7. The number of esters is 1. The minimum atomic E-state index is -2.52. The van der Waals surface area contributed by atoms with Crippen molar-refractivity contribution < 1.29 is 135 Å². The highest BCUT2D eigenvalue weighted by Crippen LogP contribution is 2.22. The second-order valence-corrected chi connectivity index (χ2v) is 29.4. The van der Waals surface area contributed by atoms with Crippen LogP contribution in [0.3, 0.4) is 0 Å². The molecule has 4 unspecified atom stereocenters. The van der Waals surface area contributed by atoms with E-state index in [1.165, 1.54) is 24.3 Å². The van der Waals surface area contributed by atoms with Crippen molar-refractivity contribution in [2.75, 3.05) is 37.7 Å². The van der Waals surface area contributed by atoms with Crippen LogP contribution in [0.4, 0.5) is 15.8 Å². The number of ether oxygens (including phenoxy) is 1. The Morgan fingerprint density at radius 1 is 0.544 bits per heavy atom. The number of primary amides is 1. The van der Waals surface area contributed by atoms with Crippen molar-refractivity contribution in [2.45, 2.75) is 209 Å². The number of Topliss-reactive ketones (excluding diaryl/α,β-unsaturated/α-hetero) is 1. The average molecular weight is 1760 g/mol. The number of carboxylic acids is 4. The lowest BCUT2D eigenvalue weighted by atomic mass is 9.96. The number of aliphatic hydroxyl groups is 1. The minimum absolute atomic E-state index is 0.0394. The normalized spacial score (nSPS) is 20.4. The Labute approximate surface area is 712 Å². The van der Waals surface area contributed by atoms with Gasteiger partial charge in [-0.25, -0.2) is 9.18 Å². The number of amides is 15. The third-order valence-electron chi connectivity index (χ3n) is 19.4. The molecule has 125 heavy (non-hydrogen) atoms. The van der Waals surface area contributed by atoms with E-state index in [4.69, 9.17) is 21.9 Å². The zero-order chi connectivity index (χ0) is 92.9. The molecule has 680 valence electrons. The van der Waals surface area contributed by atoms with Crippen molar-refractivity contribution in [3.05, 3.63) is 95.4 Å². The number of benzene rings is 3. The molecule has 1 fully saturated rings. The van der Waals surface area contributed by atoms with Gasteiger partial charge in [0.15, 0.2) is 5.78 Å². The number of hydrogen-bond acceptors (Lipinski definition) is 25. The predicted octanol–water partition coefficient (Wildman–Crippen LogP) is -4.43. The van der Waals surface area contributed by atoms with E-state index < -0.39 is 280 Å². The second-order valence-electron chi connectivity index (χ2n) is 29.4. The Bertz CT molecular complexity index is 4640. The third-order valence-corrected chi connectivity index (χ3v) is 19.4. The zero-order valence-electron chi connectivity index (χ0n) is 68.6. The molecule has 1 aromatic heterocycles. The van der Waals surface area contributed by atoms with Crippen molar-refractivity contribution in [1.29, 1.82) is 0 Å². The van der Waals surface area contributed by atoms with Gasteiger partial charge in [0.05, 0.1) is 57.4 Å². The van der Waals surface area contributed by atoms with E-state index in [0.717, 1.165) is 71.1 Å². The first-order valence-corrected chi connectivity index (χ1v) is 39.7. The highest BCUT2D eigenvalue weighted by atomic mass is 19.1. The summed E-state index contributed by atoms with van der Waals surface area (Å²) in [6, 6.07) is -8.59. The van der Waals surface area contributed by atoms with E-state index in [0.29, 0.717) is 29.3 Å². The number of aliphatic hydroxyl groups excluding tert-OH is 1. The number of aromatic nitrogens is 1. The Kier molecular flexibility index (Phi) is 40.7. The van der Waals surface area contributed by atoms with Crippen LogP contribution < -0.4 is 91.6 Å². The number of halogens is 1. The maximum Gasteiger partial charge on any atom is 0.329 e. The van der Waals surface area contributed by atoms with Crippen LogP contribution in [-0.4, -0.2) is 254 Å². The molecule has 26 N–H and O–H groups in total. The topological polar surface area (TPSA) is 731 Å². The molecule has 46 heteroatoms. The van der Waals surface area contributed by atoms with E-state index in [1.54, 1.807) is 30.5 Å². The molecule has 0 saturated carbocycles. The lowest BCUT2D eigenvalue weighted by Crippen LogP contribution is -2.62. The number of nitrogens with one attached hydrogen (secondary N) is 15. The van der Waals surface area contributed by atoms with E-state index in [9.17, 15) is 131 Å². The number of para-hydroxylation sites is 2. The van der Waals surface area contributed by atoms with E-state index in [1.807, 2.05) is 16.0 Å². The van der Waals surface area contributed by atoms with Crippen LogP contribution in [0.1, 0.15) is 157 Å². The molecular formula is C79H105FN18O27. The molecule has 5 rings (SSSR count). The monoisotopic (exact) mass is 1760 g/mol. The molecule has 0 radical (unpaired) electrons. The second kappa shape index (κ2) is 50.2. The van der Waals surface area contributed by atoms with Gasteiger partial charge >= 0.3 is 29.8 Å². The van der Waals surface area contributed by atoms with Crippen LogP contribution in [0.25, 0.3) is 10.9 Å². The molecule has 0 aliphatic carbocycles. The number of aliphatic carboxylic acids is 4. The largest absolute Gasteiger partial charge is 0.481 e. The fourth-order valence-corrected chi connectivity index (χ4v) is 12.7. The fraction of sp³-hybridized carbons (Fsp3) is 0.481. The molecule has 4 aromatic rings. The van der Waals surface area contributed by atoms with Gasteiger partial charge in [0.2, 0.25) is 82.7 Å². The van der Waals surface area contributed by atoms with Gasteiger partial charge < -0.3 is 127 Å². The number of rotatable bonds is 37. The van der Waals surface area contributed by atoms with Crippen LogP contribution in [0.15, 0.2) is 72.9 Å². The van der Waals surface area contributed by atoms with Crippen molar-refractivity contribution in [3.63, 3.8) is 0 Å². The lowest BCUT2D eigenvalue weighted by Gasteiger charge is -2.30. The van der Waals surface area contributed by atoms with Gasteiger partial charge in [-0.1, -0.05) is 82.7 Å². The van der Waals surface area contributed by atoms with Gasteiger partial charge in [-0.2, -0.15) is 0 Å². The molecule has 1 aliphatic rings. The number of carbonyl (C=O) groups excluding carboxylic acids is 17. The number of carboxylic acid groups (broad SMARTS) is 4. The van der Waals surface area contributed by atoms with Crippen molar-refractivity contribution >= 4 is 147 Å². The maximum atomic E-state index is 15.0. The molecule has 3 aromatic carbocycles. The molecule has 45 nitrogen and oxygen atoms in total. The van der Waals surface area contributed by atoms with Gasteiger partial charge in [-0.15, -0.1) is 0 Å². The quantitative estimate of drug-likeness (QED) is 0.00877. The highest BCUT2D eigenvalue weighted by molar-refractivity contribution is 6.06. The molecule has 15 amide bonds. The van der Waals surface area contributed by atoms with Gasteiger partial charge in [0, 0.05) is 59.8 Å². The van der Waals surface area contributed by atoms with Crippen LogP contribution in [0.5, 0.6) is 0 Å². The Hall–Kier alpha value is -14.2. The summed E-state index contributed by atoms with van der Waals surface area (Å²) in [7, 11) is 0. The highest BCUT2D eigenvalue weighted by Gasteiger charge is 2.41. The number of fused-ring (bicyclic) bond motifs is 1. The number of aromatic amines is 1. The van der Waals surface area contributed by atoms with Gasteiger partial charge in [-0.05, 0) is 81.0 Å². The first kappa shape index (κ1) is 101. The number of cyclic esters (lactones) is 1. The molecule has 0 spiro atoms. The summed E-state index contributed by atoms with van der Waals surface area (Å²) in [4.78, 5) is 292. The summed E-state index contributed by atoms with van der Waals surface area (Å²) < 4.78 is 20.0. The Balaban J connectivity index is 1.64. The smallest absolute Gasteiger partial charge is 0.329 e. The average Bonchev–Trinajstić information content (AvgIpc) is 1.76. The van der Waals surface area contributed by atoms with E-state index >= 15 is 0 Å². The lowest BCUT2D eigenvalue weighted by molar-refractivity contribution is -0.156. The van der Waals surface area contributed by atoms with Crippen LogP contribution in [-0.2, 0) is 102 Å². The Morgan fingerprint density at radius 2 is 1.10 bits per heavy atom. The number of anilines is 2. The SMILES string of the molecule is CCCCCCCCCC(=O)N[C@@H](Cc1c[nH]c2ccccc12)C(=O)N[C@@H](CC(N)=O)C(=O)N[C@@H](CC(=O)O)C(=O)NC1C(=O)NCC(=O)N[C@@H](CCCNC(=O)c2cc(F)ccc2N)C(=O)NC(CC(=O)O)C(=O)N[C@H](C)C(=O)N[C@@H](CC(=O)O)C(=O)NCC(=O)N[C@H](CO)C(=O)NC([C@H](C)CC(=O)O)C(=O)N[C@@H](CC(=O)c2ccccc2N)C(=O)OC1C. The summed E-state index contributed by atoms with van der Waals surface area (Å²) in [5, 5.41) is 81.3. The van der Waals surface area contributed by atoms with Crippen molar-refractivity contribution in [1.82, 2.24) is 79.4 Å². The molecule has 13 atom stereocenters. The molecule has 1 aliphatic heterocycles. The molecule has 1 saturated heterocycles. The molecule has 2 heterocycles. The molecule has 0 bridgehead atoms. The zero-order valence-corrected chi connectivity index (χ0v) is 68.6. The first-order chi connectivity index (χ1) is 59.1. The van der Waals surface area contributed by atoms with Gasteiger partial charge in [-0.3, -0.25) is 95.9 Å². The maximum absolute atomic E-state index is 15.0. The number of nitrogens with two attached hydrogens (primary N) is 3. The van der Waals surface area contributed by atoms with E-state index in [2.05, 4.69) is 70.4 Å². The van der Waals surface area contributed by atoms with E-state index in [-0.39, 0.29) is 41.8 Å². The summed E-state index contributed by atoms with van der Waals surface area (Å²) in [5.74, 6) is -32.5. The van der Waals surface area contributed by atoms with Gasteiger partial charge in [0.1, 0.15) is 78.4 Å². The predicted molar refractivity (Wildman–Crippen MR) is 434 cm³/mol. The summed E-state index contributed by atoms with van der Waals surface area (Å²) in [6.45, 7) is 0.601. The Morgan fingerprint density at radius 3 is 1.72 bits per heavy atom. The van der Waals surface area contributed by atoms with Gasteiger partial charge in [0.25, 0.3) is 5.91 Å². The number of ketones is 1. The summed E-state index contributed by atoms with van der Waals surface area (Å²) in [5.41, 5.74) is 17.7. The van der Waals surface area contributed by atoms with Crippen molar-refractivity contribution in [2.24, 2.45) is 11.7 Å². The standard InChI is InChI=1S/C79H105FN18O27/c1-5-6-7-8-9-10-11-22-59(102)90-50(27-41-34-85-48-20-15-13-17-43(41)48)73(118)93-51(30-58(83)101)74(119)95-54(33-65(111)112)75(120)98-67-40(4)125-79(124)55(29-57(100)44-18-12-14-19-46(44)81)96-78(123)66(38(2)26-62(105)106)97-76(121)56(37-99)91-61(104)35-86-70(115)52(31-63(107)108)92-68(113)39(3)88-72(117)53(32-64(109)110)94-71(116)49(89-60(103)36-87-77(67)122)21-16-25-84-69(114)45-28-42(80)23-24-47(45)82/h12-15,17-20,23-24,28,34,38-40,49-56,66-67,85,99H,5-11,16,21-22,25-27,29-33,35-37,81-82H2,1-4H3,(H2,83,101)(H,84,114)(H,86,115)(H,87,122)(H,88,117)(H,89,103)(H,90,102)(H,91,104)(H,92,113)(H,93,118)(H,94,116)(H,95,119)(H,96,123)(H,97,121)(H,98,120)(H,105,106)(H,107,108)(H,109,110)(H,111,112)/t38-,39-,40?,49+,50+,51+,52+,53?,54+,55+,56-,66?,67?/m1/s1. The van der Waals surface area contributed by atoms with Crippen LogP contribution in [0.2, 0.25) is 0 Å². The number of hydrogen-bond donors (Lipinski definition) is 23. The number of carbonyl (C=O) groups is 21. The minimum Gasteiger partial charge on any atom is -0.481 e. The fourth-order valence-electron chi connectivity index (χ4n) is 12.7. The van der Waals surface area contributed by atoms with Crippen LogP contribution >= 0.6 is 0 Å². The summed E-state index contributed by atoms with van der Waals surface area (Å²) in [6.07, 6.45) is -3.32. The summed E-state index contributed by atoms with van der Waals surface area (Å²) >= 11 is 0. The molecular weight excluding hydrogens is 1650 g/mol.